The van der Waals surface area contributed by atoms with Gasteiger partial charge in [0.2, 0.25) is 0 Å². The van der Waals surface area contributed by atoms with Gasteiger partial charge in [-0.2, -0.15) is 0 Å². The molecule has 0 aliphatic rings. The molecule has 0 spiro atoms. The number of esters is 1. The molecule has 0 bridgehead atoms. The van der Waals surface area contributed by atoms with Gasteiger partial charge in [0.05, 0.1) is 41.2 Å². The number of para-hydroxylation sites is 1. The molecule has 0 unspecified atom stereocenters. The Hall–Kier alpha value is -4.88. The largest absolute Gasteiger partial charge is 0.496 e. The highest BCUT2D eigenvalue weighted by Crippen LogP contribution is 2.31. The number of sulfonamides is 1. The normalized spacial score (nSPS) is 11.5. The van der Waals surface area contributed by atoms with Crippen molar-refractivity contribution in [1.29, 1.82) is 0 Å². The summed E-state index contributed by atoms with van der Waals surface area (Å²) < 4.78 is 40.5. The van der Waals surface area contributed by atoms with Crippen molar-refractivity contribution in [2.45, 2.75) is 4.90 Å². The Balaban J connectivity index is 1.72. The molecule has 0 aliphatic heterocycles. The maximum absolute atomic E-state index is 13.7. The number of ether oxygens (including phenoxy) is 2. The fourth-order valence-corrected chi connectivity index (χ4v) is 5.75. The van der Waals surface area contributed by atoms with Crippen molar-refractivity contribution in [3.63, 3.8) is 0 Å². The molecule has 14 heteroatoms. The van der Waals surface area contributed by atoms with Crippen LogP contribution >= 0.6 is 11.6 Å². The molecule has 12 nitrogen and oxygen atoms in total. The SMILES string of the molecule is COC(=O)c1cc(S(=O)(=O)NC(=O)c2c(-n3c(=O)[nH]c4ccccc4c3=O)c3cc(Cl)ccc3n2C)ccc1OC. The summed E-state index contributed by atoms with van der Waals surface area (Å²) in [4.78, 5) is 54.8. The molecule has 5 rings (SSSR count). The lowest BCUT2D eigenvalue weighted by atomic mass is 10.2. The third-order valence-corrected chi connectivity index (χ3v) is 8.06. The van der Waals surface area contributed by atoms with Crippen molar-refractivity contribution in [1.82, 2.24) is 18.8 Å². The van der Waals surface area contributed by atoms with E-state index in [-0.39, 0.29) is 44.0 Å². The number of hydrogen-bond donors (Lipinski definition) is 2. The van der Waals surface area contributed by atoms with Crippen LogP contribution < -0.4 is 20.7 Å². The minimum absolute atomic E-state index is 0.0601. The standard InChI is InChI=1S/C27H21ClN4O8S/c1-31-20-10-8-14(28)12-17(20)22(32-25(34)16-6-4-5-7-19(16)29-27(32)36)23(31)24(33)30-41(37,38)15-9-11-21(39-2)18(13-15)26(35)40-3/h4-13H,1-3H3,(H,29,36)(H,30,33). The second-order valence-corrected chi connectivity index (χ2v) is 10.9. The van der Waals surface area contributed by atoms with E-state index in [0.717, 1.165) is 23.8 Å². The molecule has 5 aromatic rings. The Morgan fingerprint density at radius 1 is 0.976 bits per heavy atom. The van der Waals surface area contributed by atoms with E-state index in [4.69, 9.17) is 21.1 Å². The van der Waals surface area contributed by atoms with Gasteiger partial charge in [-0.15, -0.1) is 0 Å². The summed E-state index contributed by atoms with van der Waals surface area (Å²) in [6.07, 6.45) is 0. The quantitative estimate of drug-likeness (QED) is 0.283. The summed E-state index contributed by atoms with van der Waals surface area (Å²) in [5.41, 5.74) is -1.56. The Morgan fingerprint density at radius 2 is 1.71 bits per heavy atom. The van der Waals surface area contributed by atoms with Gasteiger partial charge in [0, 0.05) is 17.5 Å². The Morgan fingerprint density at radius 3 is 2.41 bits per heavy atom. The average Bonchev–Trinajstić information content (AvgIpc) is 3.22. The maximum atomic E-state index is 13.7. The van der Waals surface area contributed by atoms with Crippen molar-refractivity contribution in [2.24, 2.45) is 7.05 Å². The van der Waals surface area contributed by atoms with Crippen LogP contribution in [-0.4, -0.2) is 48.6 Å². The number of methoxy groups -OCH3 is 2. The summed E-state index contributed by atoms with van der Waals surface area (Å²) in [5, 5.41) is 0.671. The van der Waals surface area contributed by atoms with Crippen molar-refractivity contribution in [3.05, 3.63) is 97.8 Å². The number of nitrogens with zero attached hydrogens (tertiary/aromatic N) is 2. The molecule has 3 aromatic carbocycles. The van der Waals surface area contributed by atoms with Crippen LogP contribution in [0.15, 0.2) is 75.1 Å². The minimum atomic E-state index is -4.59. The zero-order valence-electron chi connectivity index (χ0n) is 21.7. The highest BCUT2D eigenvalue weighted by molar-refractivity contribution is 7.90. The number of fused-ring (bicyclic) bond motifs is 2. The van der Waals surface area contributed by atoms with E-state index in [2.05, 4.69) is 4.98 Å². The number of nitrogens with one attached hydrogen (secondary N) is 2. The van der Waals surface area contributed by atoms with Crippen LogP contribution in [0.5, 0.6) is 5.75 Å². The molecule has 1 amide bonds. The molecule has 0 aliphatic carbocycles. The van der Waals surface area contributed by atoms with Crippen LogP contribution in [-0.2, 0) is 21.8 Å². The van der Waals surface area contributed by atoms with Gasteiger partial charge in [0.25, 0.3) is 21.5 Å². The first-order chi connectivity index (χ1) is 19.5. The van der Waals surface area contributed by atoms with Crippen LogP contribution in [0, 0.1) is 0 Å². The smallest absolute Gasteiger partial charge is 0.341 e. The summed E-state index contributed by atoms with van der Waals surface area (Å²) in [7, 11) is -0.699. The molecule has 41 heavy (non-hydrogen) atoms. The number of benzene rings is 3. The van der Waals surface area contributed by atoms with Crippen LogP contribution in [0.3, 0.4) is 0 Å². The number of hydrogen-bond acceptors (Lipinski definition) is 8. The zero-order chi connectivity index (χ0) is 29.6. The highest BCUT2D eigenvalue weighted by Gasteiger charge is 2.29. The summed E-state index contributed by atoms with van der Waals surface area (Å²) in [6, 6.07) is 14.3. The number of aryl methyl sites for hydroxylation is 1. The van der Waals surface area contributed by atoms with Gasteiger partial charge >= 0.3 is 11.7 Å². The summed E-state index contributed by atoms with van der Waals surface area (Å²) in [6.45, 7) is 0. The van der Waals surface area contributed by atoms with E-state index in [0.29, 0.717) is 5.52 Å². The summed E-state index contributed by atoms with van der Waals surface area (Å²) in [5.74, 6) is -1.94. The van der Waals surface area contributed by atoms with Gasteiger partial charge < -0.3 is 19.0 Å². The van der Waals surface area contributed by atoms with Gasteiger partial charge in [0.1, 0.15) is 17.0 Å². The van der Waals surface area contributed by atoms with Crippen LogP contribution in [0.2, 0.25) is 5.02 Å². The predicted molar refractivity (Wildman–Crippen MR) is 151 cm³/mol. The number of carbonyl (C=O) groups excluding carboxylic acids is 2. The van der Waals surface area contributed by atoms with E-state index in [1.165, 1.54) is 36.9 Å². The molecular formula is C27H21ClN4O8S. The Kier molecular flexibility index (Phi) is 6.93. The van der Waals surface area contributed by atoms with E-state index >= 15 is 0 Å². The molecule has 0 saturated carbocycles. The zero-order valence-corrected chi connectivity index (χ0v) is 23.3. The van der Waals surface area contributed by atoms with Gasteiger partial charge in [-0.1, -0.05) is 23.7 Å². The number of H-pyrrole nitrogens is 1. The summed E-state index contributed by atoms with van der Waals surface area (Å²) >= 11 is 6.23. The molecule has 0 fully saturated rings. The fraction of sp³-hybridized carbons (Fsp3) is 0.111. The average molecular weight is 597 g/mol. The van der Waals surface area contributed by atoms with E-state index in [9.17, 15) is 27.6 Å². The first-order valence-corrected chi connectivity index (χ1v) is 13.7. The third kappa shape index (κ3) is 4.64. The first-order valence-electron chi connectivity index (χ1n) is 11.8. The second kappa shape index (κ2) is 10.3. The van der Waals surface area contributed by atoms with E-state index in [1.54, 1.807) is 30.3 Å². The Labute approximate surface area is 236 Å². The lowest BCUT2D eigenvalue weighted by Crippen LogP contribution is -2.37. The van der Waals surface area contributed by atoms with Gasteiger partial charge in [-0.05, 0) is 48.5 Å². The molecule has 0 atom stereocenters. The van der Waals surface area contributed by atoms with Crippen molar-refractivity contribution < 1.29 is 27.5 Å². The molecule has 210 valence electrons. The van der Waals surface area contributed by atoms with Gasteiger partial charge in [-0.25, -0.2) is 27.3 Å². The van der Waals surface area contributed by atoms with Gasteiger partial charge in [0.15, 0.2) is 0 Å². The fourth-order valence-electron chi connectivity index (χ4n) is 4.60. The maximum Gasteiger partial charge on any atom is 0.341 e. The molecule has 2 aromatic heterocycles. The topological polar surface area (TPSA) is 159 Å². The predicted octanol–water partition coefficient (Wildman–Crippen LogP) is 2.74. The monoisotopic (exact) mass is 596 g/mol. The van der Waals surface area contributed by atoms with Crippen LogP contribution in [0.25, 0.3) is 27.5 Å². The van der Waals surface area contributed by atoms with Crippen molar-refractivity contribution in [2.75, 3.05) is 14.2 Å². The lowest BCUT2D eigenvalue weighted by Gasteiger charge is -2.13. The lowest BCUT2D eigenvalue weighted by molar-refractivity contribution is 0.0596. The van der Waals surface area contributed by atoms with E-state index < -0.39 is 38.0 Å². The molecule has 0 radical (unpaired) electrons. The minimum Gasteiger partial charge on any atom is -0.496 e. The van der Waals surface area contributed by atoms with Gasteiger partial charge in [-0.3, -0.25) is 9.59 Å². The number of aromatic nitrogens is 3. The number of aromatic amines is 1. The highest BCUT2D eigenvalue weighted by atomic mass is 35.5. The molecule has 2 N–H and O–H groups in total. The van der Waals surface area contributed by atoms with Crippen LogP contribution in [0.4, 0.5) is 0 Å². The second-order valence-electron chi connectivity index (χ2n) is 8.82. The van der Waals surface area contributed by atoms with Crippen molar-refractivity contribution in [3.8, 4) is 11.4 Å². The molecule has 2 heterocycles. The number of halogens is 1. The van der Waals surface area contributed by atoms with Crippen molar-refractivity contribution >= 4 is 55.3 Å². The molecular weight excluding hydrogens is 576 g/mol. The number of rotatable bonds is 6. The Bertz CT molecular complexity index is 2130. The first kappa shape index (κ1) is 27.7. The third-order valence-electron chi connectivity index (χ3n) is 6.49. The molecule has 0 saturated heterocycles. The van der Waals surface area contributed by atoms with Crippen LogP contribution in [0.1, 0.15) is 20.8 Å². The van der Waals surface area contributed by atoms with E-state index in [1.807, 2.05) is 4.72 Å². The number of amides is 1. The number of carbonyl (C=O) groups is 2.